The first-order valence-corrected chi connectivity index (χ1v) is 9.37. The normalized spacial score (nSPS) is 15.7. The molecule has 4 nitrogen and oxygen atoms in total. The zero-order valence-corrected chi connectivity index (χ0v) is 16.2. The van der Waals surface area contributed by atoms with Gasteiger partial charge in [-0.25, -0.2) is 8.78 Å². The molecule has 0 spiro atoms. The van der Waals surface area contributed by atoms with E-state index in [1.165, 1.54) is 24.5 Å². The van der Waals surface area contributed by atoms with Gasteiger partial charge in [0.1, 0.15) is 5.82 Å². The second kappa shape index (κ2) is 7.40. The van der Waals surface area contributed by atoms with Crippen LogP contribution in [0.4, 0.5) is 22.0 Å². The highest BCUT2D eigenvalue weighted by atomic mass is 19.4. The van der Waals surface area contributed by atoms with Crippen LogP contribution in [0.25, 0.3) is 11.4 Å². The van der Waals surface area contributed by atoms with Crippen LogP contribution in [0, 0.1) is 5.82 Å². The largest absolute Gasteiger partial charge is 0.416 e. The average molecular weight is 433 g/mol. The highest BCUT2D eigenvalue weighted by Crippen LogP contribution is 2.39. The molecule has 3 heterocycles. The van der Waals surface area contributed by atoms with Gasteiger partial charge < -0.3 is 5.32 Å². The first-order chi connectivity index (χ1) is 14.6. The number of amides is 1. The van der Waals surface area contributed by atoms with E-state index in [1.807, 2.05) is 0 Å². The van der Waals surface area contributed by atoms with Gasteiger partial charge in [-0.2, -0.15) is 13.2 Å². The Bertz CT molecular complexity index is 1170. The van der Waals surface area contributed by atoms with E-state index in [0.29, 0.717) is 41.9 Å². The summed E-state index contributed by atoms with van der Waals surface area (Å²) in [7, 11) is 0. The van der Waals surface area contributed by atoms with Crippen molar-refractivity contribution in [2.45, 2.75) is 25.2 Å². The Balaban J connectivity index is 1.80. The molecule has 0 saturated carbocycles. The lowest BCUT2D eigenvalue weighted by Crippen LogP contribution is -2.32. The minimum Gasteiger partial charge on any atom is -0.352 e. The number of pyridine rings is 2. The molecule has 0 saturated heterocycles. The Kier molecular flexibility index (Phi) is 4.99. The van der Waals surface area contributed by atoms with Crippen LogP contribution in [-0.4, -0.2) is 22.4 Å². The van der Waals surface area contributed by atoms with Crippen LogP contribution in [0.2, 0.25) is 0 Å². The zero-order valence-electron chi connectivity index (χ0n) is 16.2. The summed E-state index contributed by atoms with van der Waals surface area (Å²) >= 11 is 0. The number of carbonyl (C=O) groups excluding carboxylic acids is 1. The minimum absolute atomic E-state index is 0.0177. The molecule has 1 aliphatic rings. The van der Waals surface area contributed by atoms with Gasteiger partial charge in [0.05, 0.1) is 17.0 Å². The third kappa shape index (κ3) is 3.87. The molecule has 1 aromatic carbocycles. The average Bonchev–Trinajstić information content (AvgIpc) is 2.73. The van der Waals surface area contributed by atoms with Gasteiger partial charge in [0.2, 0.25) is 0 Å². The number of fused-ring (bicyclic) bond motifs is 1. The highest BCUT2D eigenvalue weighted by Gasteiger charge is 2.36. The van der Waals surface area contributed by atoms with Crippen LogP contribution in [0.15, 0.2) is 48.8 Å². The number of aromatic nitrogens is 2. The van der Waals surface area contributed by atoms with Crippen LogP contribution in [0.1, 0.15) is 39.5 Å². The van der Waals surface area contributed by atoms with Gasteiger partial charge >= 0.3 is 6.18 Å². The van der Waals surface area contributed by atoms with Gasteiger partial charge in [-0.1, -0.05) is 0 Å². The summed E-state index contributed by atoms with van der Waals surface area (Å²) in [6.07, 6.45) is -1.58. The summed E-state index contributed by atoms with van der Waals surface area (Å²) in [5, 5.41) is 2.72. The molecule has 3 aromatic rings. The molecule has 0 aliphatic carbocycles. The van der Waals surface area contributed by atoms with Crippen LogP contribution in [-0.2, 0) is 18.3 Å². The van der Waals surface area contributed by atoms with Crippen LogP contribution >= 0.6 is 0 Å². The van der Waals surface area contributed by atoms with Gasteiger partial charge in [-0.15, -0.1) is 0 Å². The second-order valence-electron chi connectivity index (χ2n) is 7.35. The first-order valence-electron chi connectivity index (χ1n) is 9.37. The molecule has 9 heteroatoms. The van der Waals surface area contributed by atoms with Crippen molar-refractivity contribution < 1.29 is 26.7 Å². The van der Waals surface area contributed by atoms with Gasteiger partial charge in [0.15, 0.2) is 5.67 Å². The lowest BCUT2D eigenvalue weighted by Gasteiger charge is -2.24. The van der Waals surface area contributed by atoms with E-state index in [1.54, 1.807) is 6.07 Å². The Morgan fingerprint density at radius 2 is 1.65 bits per heavy atom. The summed E-state index contributed by atoms with van der Waals surface area (Å²) in [5.41, 5.74) is -2.46. The van der Waals surface area contributed by atoms with Gasteiger partial charge in [0, 0.05) is 24.5 Å². The number of alkyl halides is 4. The SMILES string of the molecule is C[C@](F)(c1cc(F)cc(C(F)(F)F)c1)c1ccnc(-c2nccc3c2CCNC3=O)c1. The van der Waals surface area contributed by atoms with Crippen LogP contribution in [0.3, 0.4) is 0 Å². The van der Waals surface area contributed by atoms with Gasteiger partial charge in [-0.3, -0.25) is 14.8 Å². The zero-order chi connectivity index (χ0) is 22.4. The molecule has 1 atom stereocenters. The topological polar surface area (TPSA) is 54.9 Å². The molecule has 1 amide bonds. The molecule has 1 aliphatic heterocycles. The molecule has 160 valence electrons. The third-order valence-corrected chi connectivity index (χ3v) is 5.27. The van der Waals surface area contributed by atoms with Crippen molar-refractivity contribution in [1.29, 1.82) is 0 Å². The monoisotopic (exact) mass is 433 g/mol. The predicted molar refractivity (Wildman–Crippen MR) is 102 cm³/mol. The van der Waals surface area contributed by atoms with E-state index < -0.39 is 28.8 Å². The standard InChI is InChI=1S/C22H16F5N3O/c1-21(24,13-8-14(22(25,26)27)10-15(23)9-13)12-2-5-28-18(11-12)19-16-3-7-30-20(31)17(16)4-6-29-19/h2,4-6,8-11H,3,7H2,1H3,(H,30,31)/t21-/m1/s1. The molecule has 31 heavy (non-hydrogen) atoms. The summed E-state index contributed by atoms with van der Waals surface area (Å²) in [6.45, 7) is 1.47. The Morgan fingerprint density at radius 1 is 0.935 bits per heavy atom. The maximum Gasteiger partial charge on any atom is 0.416 e. The molecule has 4 rings (SSSR count). The van der Waals surface area contributed by atoms with Crippen LogP contribution < -0.4 is 5.32 Å². The fraction of sp³-hybridized carbons (Fsp3) is 0.227. The summed E-state index contributed by atoms with van der Waals surface area (Å²) in [4.78, 5) is 20.6. The minimum atomic E-state index is -4.82. The van der Waals surface area contributed by atoms with E-state index in [2.05, 4.69) is 15.3 Å². The highest BCUT2D eigenvalue weighted by molar-refractivity contribution is 5.98. The predicted octanol–water partition coefficient (Wildman–Crippen LogP) is 4.82. The molecule has 1 N–H and O–H groups in total. The maximum atomic E-state index is 15.8. The van der Waals surface area contributed by atoms with E-state index in [-0.39, 0.29) is 17.2 Å². The number of rotatable bonds is 3. The Labute approximate surface area is 174 Å². The van der Waals surface area contributed by atoms with Crippen molar-refractivity contribution >= 4 is 5.91 Å². The summed E-state index contributed by atoms with van der Waals surface area (Å²) in [6, 6.07) is 5.89. The molecular weight excluding hydrogens is 417 g/mol. The second-order valence-corrected chi connectivity index (χ2v) is 7.35. The third-order valence-electron chi connectivity index (χ3n) is 5.27. The van der Waals surface area contributed by atoms with Crippen molar-refractivity contribution in [3.63, 3.8) is 0 Å². The lowest BCUT2D eigenvalue weighted by molar-refractivity contribution is -0.137. The number of nitrogens with zero attached hydrogens (tertiary/aromatic N) is 2. The molecular formula is C22H16F5N3O. The molecule has 0 fully saturated rings. The number of nitrogens with one attached hydrogen (secondary N) is 1. The van der Waals surface area contributed by atoms with Crippen molar-refractivity contribution in [1.82, 2.24) is 15.3 Å². The molecule has 0 radical (unpaired) electrons. The summed E-state index contributed by atoms with van der Waals surface area (Å²) in [5.74, 6) is -1.44. The van der Waals surface area contributed by atoms with E-state index in [0.717, 1.165) is 13.0 Å². The number of halogens is 5. The number of benzene rings is 1. The van der Waals surface area contributed by atoms with Crippen LogP contribution in [0.5, 0.6) is 0 Å². The molecule has 2 aromatic heterocycles. The Morgan fingerprint density at radius 3 is 2.39 bits per heavy atom. The number of hydrogen-bond acceptors (Lipinski definition) is 3. The van der Waals surface area contributed by atoms with Crippen molar-refractivity contribution in [3.8, 4) is 11.4 Å². The van der Waals surface area contributed by atoms with Gasteiger partial charge in [0.25, 0.3) is 5.91 Å². The molecule has 0 bridgehead atoms. The molecule has 0 unspecified atom stereocenters. The van der Waals surface area contributed by atoms with Gasteiger partial charge in [-0.05, 0) is 66.4 Å². The van der Waals surface area contributed by atoms with Crippen molar-refractivity contribution in [2.75, 3.05) is 6.54 Å². The van der Waals surface area contributed by atoms with E-state index in [4.69, 9.17) is 0 Å². The fourth-order valence-corrected chi connectivity index (χ4v) is 3.62. The maximum absolute atomic E-state index is 15.8. The lowest BCUT2D eigenvalue weighted by atomic mass is 9.88. The first kappa shape index (κ1) is 20.9. The Hall–Kier alpha value is -3.36. The fourth-order valence-electron chi connectivity index (χ4n) is 3.62. The quantitative estimate of drug-likeness (QED) is 0.603. The van der Waals surface area contributed by atoms with Crippen molar-refractivity contribution in [2.24, 2.45) is 0 Å². The number of hydrogen-bond donors (Lipinski definition) is 1. The smallest absolute Gasteiger partial charge is 0.352 e. The van der Waals surface area contributed by atoms with Crippen molar-refractivity contribution in [3.05, 3.63) is 82.4 Å². The number of carbonyl (C=O) groups is 1. The van der Waals surface area contributed by atoms with E-state index >= 15 is 4.39 Å². The summed E-state index contributed by atoms with van der Waals surface area (Å²) < 4.78 is 68.8. The van der Waals surface area contributed by atoms with E-state index in [9.17, 15) is 22.4 Å².